The van der Waals surface area contributed by atoms with E-state index in [-0.39, 0.29) is 23.0 Å². The molecule has 0 N–H and O–H groups in total. The fraction of sp³-hybridized carbons (Fsp3) is 0.429. The Balaban J connectivity index is 2.21. The van der Waals surface area contributed by atoms with E-state index in [2.05, 4.69) is 185 Å². The maximum absolute atomic E-state index is 3.63. The summed E-state index contributed by atoms with van der Waals surface area (Å²) in [6, 6.07) is 18.8. The van der Waals surface area contributed by atoms with E-state index in [0.717, 1.165) is 11.1 Å². The SMILES string of the molecule is CC(C)(C)c1cc(C(C)(C)C)c(B2c3cc(C#C[Si](C)(C)C)ccc3C=Cc3ccc(C#C[Si](C)(C)C)cc32)c(C(C)(C)C)c1. The van der Waals surface area contributed by atoms with Crippen molar-refractivity contribution in [2.75, 3.05) is 0 Å². The zero-order valence-corrected chi connectivity index (χ0v) is 32.9. The van der Waals surface area contributed by atoms with Gasteiger partial charge < -0.3 is 0 Å². The summed E-state index contributed by atoms with van der Waals surface area (Å²) in [4.78, 5) is 0. The highest BCUT2D eigenvalue weighted by atomic mass is 28.3. The van der Waals surface area contributed by atoms with Gasteiger partial charge in [0.2, 0.25) is 6.71 Å². The lowest BCUT2D eigenvalue weighted by molar-refractivity contribution is 0.553. The molecular weight excluding hydrogens is 571 g/mol. The third-order valence-corrected chi connectivity index (χ3v) is 10.1. The van der Waals surface area contributed by atoms with Gasteiger partial charge in [0, 0.05) is 11.1 Å². The van der Waals surface area contributed by atoms with E-state index >= 15 is 0 Å². The van der Waals surface area contributed by atoms with E-state index in [1.165, 1.54) is 44.2 Å². The molecule has 0 radical (unpaired) electrons. The summed E-state index contributed by atoms with van der Waals surface area (Å²) in [6.45, 7) is 35.3. The standard InChI is InChI=1S/C42H55BSi2/c1-40(2,3)34-28-35(41(4,5)6)39(36(29-34)42(7,8)9)43-37-26-30(22-24-44(10,11)12)16-18-32(37)20-21-33-19-17-31(27-38(33)43)23-25-45(13,14)15/h16-21,26-29H,1-15H3. The van der Waals surface area contributed by atoms with Crippen LogP contribution in [0.4, 0.5) is 0 Å². The van der Waals surface area contributed by atoms with Crippen molar-refractivity contribution in [3.63, 3.8) is 0 Å². The van der Waals surface area contributed by atoms with Crippen molar-refractivity contribution in [3.8, 4) is 22.9 Å². The fourth-order valence-electron chi connectivity index (χ4n) is 5.92. The third-order valence-electron chi connectivity index (χ3n) is 8.35. The van der Waals surface area contributed by atoms with Crippen molar-refractivity contribution < 1.29 is 0 Å². The van der Waals surface area contributed by atoms with Gasteiger partial charge in [0.25, 0.3) is 0 Å². The predicted molar refractivity (Wildman–Crippen MR) is 209 cm³/mol. The van der Waals surface area contributed by atoms with Crippen LogP contribution in [0.3, 0.4) is 0 Å². The van der Waals surface area contributed by atoms with Crippen LogP contribution >= 0.6 is 0 Å². The monoisotopic (exact) mass is 626 g/mol. The molecule has 0 spiro atoms. The normalized spacial score (nSPS) is 13.6. The van der Waals surface area contributed by atoms with Crippen LogP contribution < -0.4 is 16.4 Å². The molecule has 1 aliphatic rings. The maximum atomic E-state index is 3.63. The van der Waals surface area contributed by atoms with Crippen LogP contribution in [0.5, 0.6) is 0 Å². The first-order valence-electron chi connectivity index (χ1n) is 16.7. The number of hydrogen-bond acceptors (Lipinski definition) is 0. The van der Waals surface area contributed by atoms with Crippen molar-refractivity contribution in [3.05, 3.63) is 87.5 Å². The molecule has 0 saturated carbocycles. The van der Waals surface area contributed by atoms with Gasteiger partial charge in [0.05, 0.1) is 0 Å². The minimum Gasteiger partial charge on any atom is -0.127 e. The molecule has 3 heteroatoms. The van der Waals surface area contributed by atoms with Crippen LogP contribution in [-0.4, -0.2) is 22.9 Å². The molecule has 0 amide bonds. The molecule has 0 aromatic heterocycles. The van der Waals surface area contributed by atoms with Crippen LogP contribution in [0.25, 0.3) is 12.2 Å². The average molecular weight is 627 g/mol. The van der Waals surface area contributed by atoms with Crippen LogP contribution in [0.2, 0.25) is 39.3 Å². The smallest absolute Gasteiger partial charge is 0.127 e. The van der Waals surface area contributed by atoms with Crippen LogP contribution in [0, 0.1) is 22.9 Å². The highest BCUT2D eigenvalue weighted by Crippen LogP contribution is 2.34. The number of hydrogen-bond donors (Lipinski definition) is 0. The molecular formula is C42H55BSi2. The second-order valence-electron chi connectivity index (χ2n) is 18.2. The highest BCUT2D eigenvalue weighted by Gasteiger charge is 2.37. The minimum absolute atomic E-state index is 0.0402. The predicted octanol–water partition coefficient (Wildman–Crippen LogP) is 9.04. The summed E-state index contributed by atoms with van der Waals surface area (Å²) in [5.74, 6) is 7.18. The molecule has 0 aliphatic carbocycles. The largest absolute Gasteiger partial charge is 0.243 e. The molecule has 0 atom stereocenters. The number of benzene rings is 3. The van der Waals surface area contributed by atoms with Crippen molar-refractivity contribution in [1.29, 1.82) is 0 Å². The molecule has 234 valence electrons. The Labute approximate surface area is 278 Å². The highest BCUT2D eigenvalue weighted by molar-refractivity contribution is 6.97. The number of rotatable bonds is 1. The first-order chi connectivity index (χ1) is 20.4. The second-order valence-corrected chi connectivity index (χ2v) is 27.7. The van der Waals surface area contributed by atoms with E-state index in [1.54, 1.807) is 0 Å². The summed E-state index contributed by atoms with van der Waals surface area (Å²) in [5, 5.41) is 0. The van der Waals surface area contributed by atoms with Gasteiger partial charge in [0.15, 0.2) is 0 Å². The van der Waals surface area contributed by atoms with Gasteiger partial charge in [-0.1, -0.05) is 178 Å². The Morgan fingerprint density at radius 2 is 0.889 bits per heavy atom. The summed E-state index contributed by atoms with van der Waals surface area (Å²) in [5.41, 5.74) is 20.3. The molecule has 3 aromatic carbocycles. The minimum atomic E-state index is -1.54. The maximum Gasteiger partial charge on any atom is 0.243 e. The van der Waals surface area contributed by atoms with Gasteiger partial charge in [-0.2, -0.15) is 0 Å². The molecule has 0 unspecified atom stereocenters. The second kappa shape index (κ2) is 12.0. The number of fused-ring (bicyclic) bond motifs is 2. The Hall–Kier alpha value is -2.98. The zero-order chi connectivity index (χ0) is 33.8. The molecule has 0 saturated heterocycles. The van der Waals surface area contributed by atoms with Crippen LogP contribution in [0.1, 0.15) is 101 Å². The average Bonchev–Trinajstić information content (AvgIpc) is 3.03. The van der Waals surface area contributed by atoms with E-state index in [1.807, 2.05) is 0 Å². The third kappa shape index (κ3) is 8.44. The molecule has 0 bridgehead atoms. The van der Waals surface area contributed by atoms with Gasteiger partial charge in [-0.25, -0.2) is 0 Å². The van der Waals surface area contributed by atoms with Crippen molar-refractivity contribution in [2.24, 2.45) is 0 Å². The Kier molecular flexibility index (Phi) is 9.29. The van der Waals surface area contributed by atoms with E-state index in [4.69, 9.17) is 0 Å². The molecule has 4 rings (SSSR count). The van der Waals surface area contributed by atoms with Crippen LogP contribution in [-0.2, 0) is 16.2 Å². The molecule has 0 fully saturated rings. The van der Waals surface area contributed by atoms with Crippen molar-refractivity contribution in [2.45, 2.75) is 118 Å². The molecule has 45 heavy (non-hydrogen) atoms. The lowest BCUT2D eigenvalue weighted by Crippen LogP contribution is -2.58. The molecule has 1 aliphatic heterocycles. The molecule has 3 aromatic rings. The first-order valence-corrected chi connectivity index (χ1v) is 23.7. The topological polar surface area (TPSA) is 0 Å². The Morgan fingerprint density at radius 3 is 1.20 bits per heavy atom. The first kappa shape index (κ1) is 34.9. The summed E-state index contributed by atoms with van der Waals surface area (Å²) in [7, 11) is -3.07. The Morgan fingerprint density at radius 1 is 0.511 bits per heavy atom. The molecule has 1 heterocycles. The van der Waals surface area contributed by atoms with Crippen molar-refractivity contribution >= 4 is 51.4 Å². The summed E-state index contributed by atoms with van der Waals surface area (Å²) < 4.78 is 0. The van der Waals surface area contributed by atoms with E-state index in [9.17, 15) is 0 Å². The van der Waals surface area contributed by atoms with Crippen LogP contribution in [0.15, 0.2) is 48.5 Å². The van der Waals surface area contributed by atoms with E-state index in [0.29, 0.717) is 0 Å². The van der Waals surface area contributed by atoms with Crippen molar-refractivity contribution in [1.82, 2.24) is 0 Å². The lowest BCUT2D eigenvalue weighted by atomic mass is 9.33. The molecule has 0 nitrogen and oxygen atoms in total. The zero-order valence-electron chi connectivity index (χ0n) is 30.9. The van der Waals surface area contributed by atoms with Gasteiger partial charge in [-0.3, -0.25) is 0 Å². The Bertz CT molecular complexity index is 1640. The lowest BCUT2D eigenvalue weighted by Gasteiger charge is -2.36. The van der Waals surface area contributed by atoms with Gasteiger partial charge in [-0.05, 0) is 56.2 Å². The van der Waals surface area contributed by atoms with Gasteiger partial charge >= 0.3 is 0 Å². The van der Waals surface area contributed by atoms with Gasteiger partial charge in [-0.15, -0.1) is 11.1 Å². The van der Waals surface area contributed by atoms with E-state index < -0.39 is 16.1 Å². The fourth-order valence-corrected chi connectivity index (χ4v) is 6.96. The summed E-state index contributed by atoms with van der Waals surface area (Å²) >= 11 is 0. The van der Waals surface area contributed by atoms with Gasteiger partial charge in [0.1, 0.15) is 16.1 Å². The summed E-state index contributed by atoms with van der Waals surface area (Å²) in [6.07, 6.45) is 4.63. The quantitative estimate of drug-likeness (QED) is 0.146.